The molecule has 1 amide bonds. The molecule has 2 heterocycles. The summed E-state index contributed by atoms with van der Waals surface area (Å²) < 4.78 is 29.1. The zero-order valence-electron chi connectivity index (χ0n) is 18.4. The third kappa shape index (κ3) is 4.72. The standard InChI is InChI=1S/C26H22N2O5S/c1-17-22(15-34(30)21-5-3-2-4-6-21)28-26(33-17)20-10-8-19(9-11-20)25(29)27-14-18-7-12-23-24(13-18)32-16-31-23/h2-13H,14-16H2,1H3,(H,27,29). The Hall–Kier alpha value is -3.91. The fourth-order valence-electron chi connectivity index (χ4n) is 3.56. The Labute approximate surface area is 199 Å². The number of fused-ring (bicyclic) bond motifs is 1. The van der Waals surface area contributed by atoms with Crippen LogP contribution < -0.4 is 14.8 Å². The Morgan fingerprint density at radius 2 is 1.76 bits per heavy atom. The lowest BCUT2D eigenvalue weighted by Gasteiger charge is -2.07. The highest BCUT2D eigenvalue weighted by atomic mass is 32.2. The van der Waals surface area contributed by atoms with Crippen LogP contribution >= 0.6 is 0 Å². The van der Waals surface area contributed by atoms with Gasteiger partial charge in [0.15, 0.2) is 11.5 Å². The van der Waals surface area contributed by atoms with Crippen LogP contribution in [0.5, 0.6) is 11.5 Å². The van der Waals surface area contributed by atoms with Gasteiger partial charge in [0, 0.05) is 22.6 Å². The lowest BCUT2D eigenvalue weighted by molar-refractivity contribution is 0.0951. The quantitative estimate of drug-likeness (QED) is 0.420. The smallest absolute Gasteiger partial charge is 0.251 e. The number of ether oxygens (including phenoxy) is 2. The zero-order chi connectivity index (χ0) is 23.5. The summed E-state index contributed by atoms with van der Waals surface area (Å²) in [5, 5.41) is 2.91. The molecule has 1 atom stereocenters. The van der Waals surface area contributed by atoms with Crippen molar-refractivity contribution in [1.29, 1.82) is 0 Å². The molecule has 0 fully saturated rings. The van der Waals surface area contributed by atoms with Crippen LogP contribution in [0.25, 0.3) is 11.5 Å². The van der Waals surface area contributed by atoms with E-state index in [1.807, 2.05) is 55.5 Å². The molecule has 1 N–H and O–H groups in total. The number of amides is 1. The van der Waals surface area contributed by atoms with Crippen LogP contribution in [-0.2, 0) is 23.1 Å². The average Bonchev–Trinajstić information content (AvgIpc) is 3.49. The average molecular weight is 475 g/mol. The summed E-state index contributed by atoms with van der Waals surface area (Å²) in [6.45, 7) is 2.40. The number of hydrogen-bond acceptors (Lipinski definition) is 6. The van der Waals surface area contributed by atoms with Gasteiger partial charge < -0.3 is 19.2 Å². The molecule has 0 spiro atoms. The summed E-state index contributed by atoms with van der Waals surface area (Å²) in [6.07, 6.45) is 0. The van der Waals surface area contributed by atoms with Crippen molar-refractivity contribution in [2.24, 2.45) is 0 Å². The molecule has 0 radical (unpaired) electrons. The van der Waals surface area contributed by atoms with Crippen molar-refractivity contribution in [2.45, 2.75) is 24.1 Å². The molecule has 4 aromatic rings. The van der Waals surface area contributed by atoms with Crippen molar-refractivity contribution < 1.29 is 22.9 Å². The molecule has 1 aromatic heterocycles. The minimum Gasteiger partial charge on any atom is -0.454 e. The minimum absolute atomic E-state index is 0.188. The maximum absolute atomic E-state index is 12.6. The van der Waals surface area contributed by atoms with Gasteiger partial charge in [-0.3, -0.25) is 9.00 Å². The van der Waals surface area contributed by atoms with Crippen molar-refractivity contribution in [3.05, 3.63) is 95.4 Å². The highest BCUT2D eigenvalue weighted by Crippen LogP contribution is 2.32. The Morgan fingerprint density at radius 1 is 1.00 bits per heavy atom. The van der Waals surface area contributed by atoms with Gasteiger partial charge >= 0.3 is 0 Å². The first-order chi connectivity index (χ1) is 16.6. The fraction of sp³-hybridized carbons (Fsp3) is 0.154. The largest absolute Gasteiger partial charge is 0.454 e. The second-order valence-corrected chi connectivity index (χ2v) is 9.22. The van der Waals surface area contributed by atoms with E-state index in [0.29, 0.717) is 41.0 Å². The fourth-order valence-corrected chi connectivity index (χ4v) is 4.71. The zero-order valence-corrected chi connectivity index (χ0v) is 19.3. The Bertz CT molecular complexity index is 1350. The van der Waals surface area contributed by atoms with Crippen molar-refractivity contribution in [3.8, 4) is 23.0 Å². The molecule has 1 aliphatic heterocycles. The second-order valence-electron chi connectivity index (χ2n) is 7.77. The van der Waals surface area contributed by atoms with E-state index in [2.05, 4.69) is 10.3 Å². The van der Waals surface area contributed by atoms with Crippen LogP contribution in [0.2, 0.25) is 0 Å². The predicted molar refractivity (Wildman–Crippen MR) is 127 cm³/mol. The lowest BCUT2D eigenvalue weighted by atomic mass is 10.1. The van der Waals surface area contributed by atoms with E-state index >= 15 is 0 Å². The van der Waals surface area contributed by atoms with Gasteiger partial charge in [0.2, 0.25) is 12.7 Å². The van der Waals surface area contributed by atoms with Gasteiger partial charge in [0.1, 0.15) is 5.76 Å². The molecule has 8 heteroatoms. The summed E-state index contributed by atoms with van der Waals surface area (Å²) in [6, 6.07) is 21.9. The van der Waals surface area contributed by atoms with Crippen molar-refractivity contribution in [3.63, 3.8) is 0 Å². The third-order valence-electron chi connectivity index (χ3n) is 5.45. The molecule has 0 aliphatic carbocycles. The molecule has 0 saturated heterocycles. The summed E-state index contributed by atoms with van der Waals surface area (Å²) in [5.74, 6) is 2.55. The normalized spacial score (nSPS) is 13.0. The highest BCUT2D eigenvalue weighted by molar-refractivity contribution is 7.84. The molecule has 1 unspecified atom stereocenters. The van der Waals surface area contributed by atoms with E-state index in [4.69, 9.17) is 13.9 Å². The van der Waals surface area contributed by atoms with Gasteiger partial charge in [-0.1, -0.05) is 24.3 Å². The van der Waals surface area contributed by atoms with E-state index in [-0.39, 0.29) is 18.5 Å². The van der Waals surface area contributed by atoms with Crippen molar-refractivity contribution in [2.75, 3.05) is 6.79 Å². The molecule has 5 rings (SSSR count). The van der Waals surface area contributed by atoms with E-state index in [0.717, 1.165) is 16.0 Å². The Balaban J connectivity index is 1.23. The van der Waals surface area contributed by atoms with Crippen LogP contribution in [0.4, 0.5) is 0 Å². The van der Waals surface area contributed by atoms with Crippen LogP contribution in [0.15, 0.2) is 82.1 Å². The number of aromatic nitrogens is 1. The Morgan fingerprint density at radius 3 is 2.56 bits per heavy atom. The van der Waals surface area contributed by atoms with Gasteiger partial charge in [-0.05, 0) is 61.0 Å². The van der Waals surface area contributed by atoms with Gasteiger partial charge in [-0.25, -0.2) is 4.98 Å². The number of benzene rings is 3. The van der Waals surface area contributed by atoms with Crippen molar-refractivity contribution in [1.82, 2.24) is 10.3 Å². The lowest BCUT2D eigenvalue weighted by Crippen LogP contribution is -2.22. The van der Waals surface area contributed by atoms with E-state index in [9.17, 15) is 9.00 Å². The number of hydrogen-bond donors (Lipinski definition) is 1. The number of nitrogens with one attached hydrogen (secondary N) is 1. The molecule has 34 heavy (non-hydrogen) atoms. The summed E-state index contributed by atoms with van der Waals surface area (Å²) in [4.78, 5) is 17.9. The molecular formula is C26H22N2O5S. The summed E-state index contributed by atoms with van der Waals surface area (Å²) in [5.41, 5.74) is 2.85. The predicted octanol–water partition coefficient (Wildman–Crippen LogP) is 4.62. The summed E-state index contributed by atoms with van der Waals surface area (Å²) >= 11 is 0. The van der Waals surface area contributed by atoms with Crippen molar-refractivity contribution >= 4 is 16.7 Å². The molecule has 7 nitrogen and oxygen atoms in total. The molecular weight excluding hydrogens is 452 g/mol. The number of nitrogens with zero attached hydrogens (tertiary/aromatic N) is 1. The van der Waals surface area contributed by atoms with E-state index < -0.39 is 10.8 Å². The third-order valence-corrected chi connectivity index (χ3v) is 6.78. The first kappa shape index (κ1) is 21.9. The first-order valence-electron chi connectivity index (χ1n) is 10.7. The van der Waals surface area contributed by atoms with E-state index in [1.54, 1.807) is 24.3 Å². The van der Waals surface area contributed by atoms with Gasteiger partial charge in [-0.15, -0.1) is 0 Å². The van der Waals surface area contributed by atoms with Gasteiger partial charge in [-0.2, -0.15) is 0 Å². The monoisotopic (exact) mass is 474 g/mol. The van der Waals surface area contributed by atoms with Crippen LogP contribution in [0.3, 0.4) is 0 Å². The molecule has 172 valence electrons. The maximum atomic E-state index is 12.6. The molecule has 1 aliphatic rings. The van der Waals surface area contributed by atoms with E-state index in [1.165, 1.54) is 0 Å². The number of oxazole rings is 1. The van der Waals surface area contributed by atoms with Gasteiger partial charge in [0.05, 0.1) is 22.2 Å². The first-order valence-corrected chi connectivity index (χ1v) is 12.1. The summed E-state index contributed by atoms with van der Waals surface area (Å²) in [7, 11) is -1.21. The maximum Gasteiger partial charge on any atom is 0.251 e. The number of carbonyl (C=O) groups excluding carboxylic acids is 1. The number of aryl methyl sites for hydroxylation is 1. The SMILES string of the molecule is Cc1oc(-c2ccc(C(=O)NCc3ccc4c(c3)OCO4)cc2)nc1CS(=O)c1ccccc1. The Kier molecular flexibility index (Phi) is 6.14. The van der Waals surface area contributed by atoms with Crippen LogP contribution in [0, 0.1) is 6.92 Å². The minimum atomic E-state index is -1.21. The molecule has 0 bridgehead atoms. The van der Waals surface area contributed by atoms with Gasteiger partial charge in [0.25, 0.3) is 5.91 Å². The number of carbonyl (C=O) groups is 1. The molecule has 0 saturated carbocycles. The van der Waals surface area contributed by atoms with Crippen LogP contribution in [0.1, 0.15) is 27.4 Å². The number of rotatable bonds is 7. The van der Waals surface area contributed by atoms with Crippen LogP contribution in [-0.4, -0.2) is 21.9 Å². The highest BCUT2D eigenvalue weighted by Gasteiger charge is 2.16. The second kappa shape index (κ2) is 9.52. The molecule has 3 aromatic carbocycles. The topological polar surface area (TPSA) is 90.7 Å².